The highest BCUT2D eigenvalue weighted by atomic mass is 28.4. The first-order chi connectivity index (χ1) is 15.1. The maximum Gasteiger partial charge on any atom is 0.320 e. The second-order valence-electron chi connectivity index (χ2n) is 13.3. The largest absolute Gasteiger partial charge is 0.468 e. The molecule has 2 spiro atoms. The van der Waals surface area contributed by atoms with Crippen LogP contribution in [0.2, 0.25) is 18.1 Å². The minimum Gasteiger partial charge on any atom is -0.468 e. The van der Waals surface area contributed by atoms with Gasteiger partial charge in [0.1, 0.15) is 5.60 Å². The molecule has 5 fully saturated rings. The summed E-state index contributed by atoms with van der Waals surface area (Å²) in [6.45, 7) is 20.2. The van der Waals surface area contributed by atoms with Gasteiger partial charge in [0.2, 0.25) is 0 Å². The second kappa shape index (κ2) is 7.68. The maximum absolute atomic E-state index is 13.4. The molecule has 0 aromatic rings. The first-order valence-electron chi connectivity index (χ1n) is 12.8. The Hall–Kier alpha value is -1.14. The zero-order valence-corrected chi connectivity index (χ0v) is 23.0. The van der Waals surface area contributed by atoms with E-state index in [1.165, 1.54) is 13.5 Å². The summed E-state index contributed by atoms with van der Waals surface area (Å²) in [6, 6.07) is 0. The zero-order valence-electron chi connectivity index (χ0n) is 22.0. The minimum absolute atomic E-state index is 0.0961. The topological polar surface area (TPSA) is 61.8 Å². The van der Waals surface area contributed by atoms with Crippen LogP contribution in [0.15, 0.2) is 12.2 Å². The predicted molar refractivity (Wildman–Crippen MR) is 131 cm³/mol. The van der Waals surface area contributed by atoms with Crippen molar-refractivity contribution in [2.75, 3.05) is 7.11 Å². The number of methoxy groups -OCH3 is 1. The van der Waals surface area contributed by atoms with E-state index in [0.29, 0.717) is 12.3 Å². The van der Waals surface area contributed by atoms with E-state index in [9.17, 15) is 9.59 Å². The van der Waals surface area contributed by atoms with Gasteiger partial charge in [-0.1, -0.05) is 39.8 Å². The molecule has 1 saturated heterocycles. The van der Waals surface area contributed by atoms with Crippen LogP contribution in [0.3, 0.4) is 0 Å². The van der Waals surface area contributed by atoms with Gasteiger partial charge in [-0.25, -0.2) is 0 Å². The number of carbonyl (C=O) groups is 2. The number of carbonyl (C=O) groups excluding carboxylic acids is 2. The van der Waals surface area contributed by atoms with Crippen molar-refractivity contribution in [1.29, 1.82) is 0 Å². The van der Waals surface area contributed by atoms with Crippen LogP contribution in [0.4, 0.5) is 0 Å². The van der Waals surface area contributed by atoms with Crippen molar-refractivity contribution in [2.24, 2.45) is 28.6 Å². The number of esters is 2. The molecule has 4 saturated carbocycles. The van der Waals surface area contributed by atoms with Crippen LogP contribution in [0.25, 0.3) is 0 Å². The summed E-state index contributed by atoms with van der Waals surface area (Å²) in [4.78, 5) is 25.9. The summed E-state index contributed by atoms with van der Waals surface area (Å²) in [5, 5.41) is 0.116. The van der Waals surface area contributed by atoms with Crippen molar-refractivity contribution >= 4 is 20.3 Å². The van der Waals surface area contributed by atoms with Gasteiger partial charge < -0.3 is 13.9 Å². The Bertz CT molecular complexity index is 859. The molecule has 0 aromatic heterocycles. The van der Waals surface area contributed by atoms with Crippen LogP contribution >= 0.6 is 0 Å². The van der Waals surface area contributed by atoms with Gasteiger partial charge >= 0.3 is 11.9 Å². The summed E-state index contributed by atoms with van der Waals surface area (Å²) in [5.41, 5.74) is -0.0544. The number of hydrogen-bond acceptors (Lipinski definition) is 5. The Labute approximate surface area is 201 Å². The number of allylic oxidation sites excluding steroid dienone is 1. The van der Waals surface area contributed by atoms with Gasteiger partial charge in [0, 0.05) is 10.8 Å². The van der Waals surface area contributed by atoms with Crippen molar-refractivity contribution in [1.82, 2.24) is 0 Å². The summed E-state index contributed by atoms with van der Waals surface area (Å²) in [7, 11) is -0.667. The summed E-state index contributed by atoms with van der Waals surface area (Å²) >= 11 is 0. The number of hydrogen-bond donors (Lipinski definition) is 0. The van der Waals surface area contributed by atoms with Gasteiger partial charge in [-0.2, -0.15) is 0 Å². The Morgan fingerprint density at radius 1 is 1.18 bits per heavy atom. The van der Waals surface area contributed by atoms with Gasteiger partial charge in [0.25, 0.3) is 0 Å². The van der Waals surface area contributed by atoms with Crippen molar-refractivity contribution in [3.05, 3.63) is 12.2 Å². The first-order valence-corrected chi connectivity index (χ1v) is 15.7. The fourth-order valence-electron chi connectivity index (χ4n) is 7.94. The van der Waals surface area contributed by atoms with Crippen molar-refractivity contribution < 1.29 is 23.5 Å². The molecule has 5 aliphatic rings. The molecular formula is C27H44O5Si. The van der Waals surface area contributed by atoms with Crippen LogP contribution in [-0.4, -0.2) is 39.1 Å². The SMILES string of the molecule is C=C(C)[C@@H]1CC[C@@]23CCC(CC2O[Si](C)(C)C(C)(C)C)CC32OC(=O)[C@H](C(=O)OC)CC12C. The molecule has 4 unspecified atom stereocenters. The van der Waals surface area contributed by atoms with Gasteiger partial charge in [-0.15, -0.1) is 0 Å². The van der Waals surface area contributed by atoms with E-state index in [2.05, 4.69) is 54.3 Å². The fraction of sp³-hybridized carbons (Fsp3) is 0.852. The third-order valence-corrected chi connectivity index (χ3v) is 15.1. The standard InChI is InChI=1S/C27H44O5Si/c1-17(2)20-11-13-26-12-10-18(14-21(26)32-33(8,9)24(3,4)5)15-27(26)25(20,6)16-19(22(28)30-7)23(29)31-27/h18-21H,1,10-16H2,2-9H3/t18?,19-,20-,21?,25?,26-,27?/m0/s1. The van der Waals surface area contributed by atoms with E-state index in [1.807, 2.05) is 0 Å². The lowest BCUT2D eigenvalue weighted by atomic mass is 9.36. The molecular weight excluding hydrogens is 432 g/mol. The quantitative estimate of drug-likeness (QED) is 0.214. The normalized spacial score (nSPS) is 42.7. The summed E-state index contributed by atoms with van der Waals surface area (Å²) in [5.74, 6) is -1.06. The van der Waals surface area contributed by atoms with Crippen LogP contribution in [0, 0.1) is 28.6 Å². The highest BCUT2D eigenvalue weighted by molar-refractivity contribution is 6.74. The van der Waals surface area contributed by atoms with E-state index >= 15 is 0 Å². The molecule has 6 heteroatoms. The molecule has 0 radical (unpaired) electrons. The van der Waals surface area contributed by atoms with Crippen molar-refractivity contribution in [2.45, 2.75) is 109 Å². The third kappa shape index (κ3) is 3.33. The molecule has 1 heterocycles. The van der Waals surface area contributed by atoms with Crippen LogP contribution in [0.1, 0.15) is 79.6 Å². The Morgan fingerprint density at radius 3 is 2.39 bits per heavy atom. The molecule has 5 nitrogen and oxygen atoms in total. The second-order valence-corrected chi connectivity index (χ2v) is 18.0. The Kier molecular flexibility index (Phi) is 5.81. The van der Waals surface area contributed by atoms with Gasteiger partial charge in [-0.3, -0.25) is 9.59 Å². The smallest absolute Gasteiger partial charge is 0.320 e. The predicted octanol–water partition coefficient (Wildman–Crippen LogP) is 6.03. The Balaban J connectivity index is 1.84. The molecule has 0 aromatic carbocycles. The molecule has 0 N–H and O–H groups in total. The number of ether oxygens (including phenoxy) is 2. The Morgan fingerprint density at radius 2 is 1.82 bits per heavy atom. The monoisotopic (exact) mass is 476 g/mol. The fourth-order valence-corrected chi connectivity index (χ4v) is 9.33. The lowest BCUT2D eigenvalue weighted by Gasteiger charge is -2.73. The average Bonchev–Trinajstić information content (AvgIpc) is 2.70. The lowest BCUT2D eigenvalue weighted by Crippen LogP contribution is -2.77. The van der Waals surface area contributed by atoms with Crippen LogP contribution in [-0.2, 0) is 23.5 Å². The van der Waals surface area contributed by atoms with E-state index in [-0.39, 0.29) is 27.9 Å². The van der Waals surface area contributed by atoms with E-state index in [1.54, 1.807) is 0 Å². The lowest BCUT2D eigenvalue weighted by molar-refractivity contribution is -0.316. The molecule has 7 atom stereocenters. The molecule has 186 valence electrons. The summed E-state index contributed by atoms with van der Waals surface area (Å²) in [6.07, 6.45) is 6.69. The summed E-state index contributed by atoms with van der Waals surface area (Å²) < 4.78 is 18.8. The molecule has 33 heavy (non-hydrogen) atoms. The van der Waals surface area contributed by atoms with Crippen LogP contribution < -0.4 is 0 Å². The van der Waals surface area contributed by atoms with Crippen molar-refractivity contribution in [3.8, 4) is 0 Å². The maximum atomic E-state index is 13.4. The van der Waals surface area contributed by atoms with E-state index in [4.69, 9.17) is 13.9 Å². The highest BCUT2D eigenvalue weighted by Crippen LogP contribution is 2.74. The van der Waals surface area contributed by atoms with Gasteiger partial charge in [0.05, 0.1) is 13.2 Å². The van der Waals surface area contributed by atoms with Crippen LogP contribution in [0.5, 0.6) is 0 Å². The third-order valence-electron chi connectivity index (χ3n) is 10.6. The van der Waals surface area contributed by atoms with Gasteiger partial charge in [-0.05, 0) is 81.8 Å². The number of fused-ring (bicyclic) bond motifs is 2. The van der Waals surface area contributed by atoms with E-state index < -0.39 is 31.8 Å². The average molecular weight is 477 g/mol. The van der Waals surface area contributed by atoms with Crippen molar-refractivity contribution in [3.63, 3.8) is 0 Å². The highest BCUT2D eigenvalue weighted by Gasteiger charge is 2.77. The van der Waals surface area contributed by atoms with Gasteiger partial charge in [0.15, 0.2) is 14.2 Å². The molecule has 1 aliphatic heterocycles. The van der Waals surface area contributed by atoms with E-state index in [0.717, 1.165) is 37.7 Å². The molecule has 4 aliphatic carbocycles. The molecule has 5 rings (SSSR count). The zero-order chi connectivity index (χ0) is 24.6. The molecule has 0 amide bonds. The number of rotatable bonds is 4. The molecule has 2 bridgehead atoms. The first kappa shape index (κ1) is 25.0. The minimum atomic E-state index is -2.02.